The summed E-state index contributed by atoms with van der Waals surface area (Å²) in [4.78, 5) is 0. The molecule has 0 radical (unpaired) electrons. The molecule has 0 fully saturated rings. The first-order chi connectivity index (χ1) is 8.13. The van der Waals surface area contributed by atoms with E-state index in [1.165, 1.54) is 12.1 Å². The molecule has 0 aliphatic rings. The van der Waals surface area contributed by atoms with Crippen molar-refractivity contribution in [1.82, 2.24) is 5.32 Å². The van der Waals surface area contributed by atoms with Crippen molar-refractivity contribution in [3.8, 4) is 0 Å². The number of methoxy groups -OCH3 is 1. The van der Waals surface area contributed by atoms with Crippen molar-refractivity contribution in [2.45, 2.75) is 38.3 Å². The van der Waals surface area contributed by atoms with E-state index in [9.17, 15) is 4.39 Å². The molecule has 0 saturated carbocycles. The van der Waals surface area contributed by atoms with Crippen LogP contribution in [0.3, 0.4) is 0 Å². The molecule has 1 atom stereocenters. The fourth-order valence-corrected chi connectivity index (χ4v) is 2.45. The Morgan fingerprint density at radius 1 is 1.24 bits per heavy atom. The van der Waals surface area contributed by atoms with Gasteiger partial charge in [-0.05, 0) is 37.6 Å². The van der Waals surface area contributed by atoms with E-state index >= 15 is 0 Å². The van der Waals surface area contributed by atoms with E-state index in [0.717, 1.165) is 18.4 Å². The average Bonchev–Trinajstić information content (AvgIpc) is 2.38. The van der Waals surface area contributed by atoms with Crippen LogP contribution in [0, 0.1) is 5.82 Å². The topological polar surface area (TPSA) is 21.3 Å². The summed E-state index contributed by atoms with van der Waals surface area (Å²) in [5, 5.41) is 3.28. The molecule has 0 aliphatic heterocycles. The third-order valence-corrected chi connectivity index (χ3v) is 3.62. The summed E-state index contributed by atoms with van der Waals surface area (Å²) in [6.45, 7) is 4.22. The predicted octanol–water partition coefficient (Wildman–Crippen LogP) is 3.29. The Kier molecular flexibility index (Phi) is 5.09. The molecule has 2 nitrogen and oxygen atoms in total. The Bertz CT molecular complexity index is 324. The smallest absolute Gasteiger partial charge is 0.123 e. The Labute approximate surface area is 103 Å². The molecule has 1 unspecified atom stereocenters. The zero-order valence-electron chi connectivity index (χ0n) is 11.1. The molecular weight excluding hydrogens is 217 g/mol. The van der Waals surface area contributed by atoms with Gasteiger partial charge in [0.2, 0.25) is 0 Å². The van der Waals surface area contributed by atoms with Gasteiger partial charge in [-0.15, -0.1) is 0 Å². The number of halogens is 1. The van der Waals surface area contributed by atoms with E-state index in [1.54, 1.807) is 7.11 Å². The maximum absolute atomic E-state index is 12.9. The largest absolute Gasteiger partial charge is 0.376 e. The lowest BCUT2D eigenvalue weighted by Gasteiger charge is -2.38. The van der Waals surface area contributed by atoms with Crippen molar-refractivity contribution >= 4 is 0 Å². The van der Waals surface area contributed by atoms with E-state index in [2.05, 4.69) is 19.2 Å². The molecule has 3 heteroatoms. The van der Waals surface area contributed by atoms with Crippen LogP contribution in [0.4, 0.5) is 4.39 Å². The number of ether oxygens (including phenoxy) is 1. The first-order valence-electron chi connectivity index (χ1n) is 6.11. The lowest BCUT2D eigenvalue weighted by atomic mass is 9.84. The second kappa shape index (κ2) is 6.12. The fourth-order valence-electron chi connectivity index (χ4n) is 2.45. The molecule has 1 aromatic carbocycles. The zero-order valence-corrected chi connectivity index (χ0v) is 11.1. The number of benzene rings is 1. The van der Waals surface area contributed by atoms with E-state index in [-0.39, 0.29) is 17.5 Å². The third-order valence-electron chi connectivity index (χ3n) is 3.62. The van der Waals surface area contributed by atoms with Crippen LogP contribution in [0.25, 0.3) is 0 Å². The molecule has 0 aromatic heterocycles. The normalized spacial score (nSPS) is 13.7. The van der Waals surface area contributed by atoms with Crippen LogP contribution in [0.15, 0.2) is 24.3 Å². The van der Waals surface area contributed by atoms with Gasteiger partial charge < -0.3 is 10.1 Å². The van der Waals surface area contributed by atoms with Crippen LogP contribution in [-0.4, -0.2) is 19.8 Å². The Morgan fingerprint density at radius 3 is 2.12 bits per heavy atom. The first kappa shape index (κ1) is 14.1. The van der Waals surface area contributed by atoms with Crippen molar-refractivity contribution in [2.24, 2.45) is 0 Å². The number of nitrogens with one attached hydrogen (secondary N) is 1. The summed E-state index contributed by atoms with van der Waals surface area (Å²) in [5.74, 6) is -0.209. The summed E-state index contributed by atoms with van der Waals surface area (Å²) in [5.41, 5.74) is 0.812. The van der Waals surface area contributed by atoms with Crippen LogP contribution in [0.1, 0.15) is 38.3 Å². The number of hydrogen-bond donors (Lipinski definition) is 1. The van der Waals surface area contributed by atoms with Gasteiger partial charge in [0.25, 0.3) is 0 Å². The minimum absolute atomic E-state index is 0.0723. The molecule has 1 aromatic rings. The molecule has 0 aliphatic carbocycles. The van der Waals surface area contributed by atoms with Crippen LogP contribution in [0.2, 0.25) is 0 Å². The minimum atomic E-state index is -0.243. The van der Waals surface area contributed by atoms with Crippen molar-refractivity contribution in [3.05, 3.63) is 35.6 Å². The summed E-state index contributed by atoms with van der Waals surface area (Å²) < 4.78 is 18.7. The van der Waals surface area contributed by atoms with Crippen LogP contribution < -0.4 is 5.32 Å². The molecular formula is C14H22FNO. The van der Waals surface area contributed by atoms with E-state index in [1.807, 2.05) is 19.2 Å². The number of hydrogen-bond acceptors (Lipinski definition) is 2. The highest BCUT2D eigenvalue weighted by atomic mass is 19.1. The van der Waals surface area contributed by atoms with Gasteiger partial charge in [-0.25, -0.2) is 4.39 Å². The molecule has 0 amide bonds. The molecule has 1 N–H and O–H groups in total. The SMILES string of the molecule is CCC(CC)(OC)C(NC)c1ccc(F)cc1. The highest BCUT2D eigenvalue weighted by Crippen LogP contribution is 2.34. The minimum Gasteiger partial charge on any atom is -0.376 e. The third kappa shape index (κ3) is 2.85. The van der Waals surface area contributed by atoms with Gasteiger partial charge in [-0.2, -0.15) is 0 Å². The van der Waals surface area contributed by atoms with Gasteiger partial charge in [-0.1, -0.05) is 26.0 Å². The molecule has 0 saturated heterocycles. The lowest BCUT2D eigenvalue weighted by molar-refractivity contribution is -0.0468. The second-order valence-corrected chi connectivity index (χ2v) is 4.25. The molecule has 96 valence electrons. The van der Waals surface area contributed by atoms with Crippen LogP contribution in [-0.2, 0) is 4.74 Å². The lowest BCUT2D eigenvalue weighted by Crippen LogP contribution is -2.43. The maximum atomic E-state index is 12.9. The first-order valence-corrected chi connectivity index (χ1v) is 6.11. The molecule has 0 bridgehead atoms. The van der Waals surface area contributed by atoms with Gasteiger partial charge in [-0.3, -0.25) is 0 Å². The van der Waals surface area contributed by atoms with Gasteiger partial charge in [0.15, 0.2) is 0 Å². The number of rotatable bonds is 6. The van der Waals surface area contributed by atoms with Crippen molar-refractivity contribution < 1.29 is 9.13 Å². The summed E-state index contributed by atoms with van der Waals surface area (Å²) in [7, 11) is 3.65. The Balaban J connectivity index is 3.08. The quantitative estimate of drug-likeness (QED) is 0.822. The monoisotopic (exact) mass is 239 g/mol. The van der Waals surface area contributed by atoms with Gasteiger partial charge in [0.1, 0.15) is 5.82 Å². The van der Waals surface area contributed by atoms with Gasteiger partial charge in [0.05, 0.1) is 11.6 Å². The Hall–Kier alpha value is -0.930. The van der Waals surface area contributed by atoms with E-state index in [0.29, 0.717) is 0 Å². The van der Waals surface area contributed by atoms with E-state index in [4.69, 9.17) is 4.74 Å². The van der Waals surface area contributed by atoms with E-state index < -0.39 is 0 Å². The average molecular weight is 239 g/mol. The van der Waals surface area contributed by atoms with Crippen molar-refractivity contribution in [1.29, 1.82) is 0 Å². The maximum Gasteiger partial charge on any atom is 0.123 e. The highest BCUT2D eigenvalue weighted by Gasteiger charge is 2.35. The Morgan fingerprint density at radius 2 is 1.76 bits per heavy atom. The predicted molar refractivity (Wildman–Crippen MR) is 68.5 cm³/mol. The number of likely N-dealkylation sites (N-methyl/N-ethyl adjacent to an activating group) is 1. The summed E-state index contributed by atoms with van der Waals surface area (Å²) in [6.07, 6.45) is 1.81. The molecule has 0 heterocycles. The molecule has 1 rings (SSSR count). The van der Waals surface area contributed by atoms with Crippen molar-refractivity contribution in [2.75, 3.05) is 14.2 Å². The van der Waals surface area contributed by atoms with Crippen molar-refractivity contribution in [3.63, 3.8) is 0 Å². The van der Waals surface area contributed by atoms with Gasteiger partial charge >= 0.3 is 0 Å². The second-order valence-electron chi connectivity index (χ2n) is 4.25. The van der Waals surface area contributed by atoms with Crippen LogP contribution >= 0.6 is 0 Å². The zero-order chi connectivity index (χ0) is 12.9. The summed E-state index contributed by atoms with van der Waals surface area (Å²) in [6, 6.07) is 6.69. The standard InChI is InChI=1S/C14H22FNO/c1-5-14(6-2,17-4)13(16-3)11-7-9-12(15)10-8-11/h7-10,13,16H,5-6H2,1-4H3. The van der Waals surface area contributed by atoms with Crippen LogP contribution in [0.5, 0.6) is 0 Å². The highest BCUT2D eigenvalue weighted by molar-refractivity contribution is 5.23. The molecule has 17 heavy (non-hydrogen) atoms. The van der Waals surface area contributed by atoms with Gasteiger partial charge in [0, 0.05) is 7.11 Å². The fraction of sp³-hybridized carbons (Fsp3) is 0.571. The summed E-state index contributed by atoms with van der Waals surface area (Å²) >= 11 is 0. The molecule has 0 spiro atoms.